The van der Waals surface area contributed by atoms with Gasteiger partial charge in [-0.2, -0.15) is 0 Å². The smallest absolute Gasteiger partial charge is 0.344 e. The summed E-state index contributed by atoms with van der Waals surface area (Å²) in [5.74, 6) is -1.11. The number of sulfonamides is 1. The Hall–Kier alpha value is -3.77. The van der Waals surface area contributed by atoms with Crippen LogP contribution in [0, 0.1) is 10.1 Å². The van der Waals surface area contributed by atoms with Crippen molar-refractivity contribution in [3.8, 4) is 5.75 Å². The molecule has 3 rings (SSSR count). The van der Waals surface area contributed by atoms with Crippen LogP contribution in [0.15, 0.2) is 70.3 Å². The van der Waals surface area contributed by atoms with Gasteiger partial charge in [-0.05, 0) is 35.7 Å². The number of Topliss-reactive ketones (excluding diaryl/α,β-unsaturated/α-hetero) is 1. The van der Waals surface area contributed by atoms with Gasteiger partial charge >= 0.3 is 5.97 Å². The average Bonchev–Trinajstić information content (AvgIpc) is 3.37. The van der Waals surface area contributed by atoms with Gasteiger partial charge in [-0.15, -0.1) is 11.3 Å². The van der Waals surface area contributed by atoms with Gasteiger partial charge in [-0.3, -0.25) is 19.2 Å². The Labute approximate surface area is 193 Å². The Morgan fingerprint density at radius 2 is 1.79 bits per heavy atom. The van der Waals surface area contributed by atoms with E-state index in [0.717, 1.165) is 21.7 Å². The Morgan fingerprint density at radius 3 is 2.42 bits per heavy atom. The molecule has 3 aromatic rings. The van der Waals surface area contributed by atoms with Crippen LogP contribution in [0.2, 0.25) is 0 Å². The lowest BCUT2D eigenvalue weighted by Crippen LogP contribution is -2.25. The van der Waals surface area contributed by atoms with E-state index in [0.29, 0.717) is 11.4 Å². The number of rotatable bonds is 10. The molecule has 0 N–H and O–H groups in total. The minimum Gasteiger partial charge on any atom is -0.482 e. The van der Waals surface area contributed by atoms with E-state index in [1.165, 1.54) is 55.6 Å². The molecular weight excluding hydrogens is 472 g/mol. The van der Waals surface area contributed by atoms with E-state index in [4.69, 9.17) is 9.47 Å². The van der Waals surface area contributed by atoms with Gasteiger partial charge in [-0.1, -0.05) is 18.2 Å². The highest BCUT2D eigenvalue weighted by Gasteiger charge is 2.22. The summed E-state index contributed by atoms with van der Waals surface area (Å²) < 4.78 is 36.6. The topological polar surface area (TPSA) is 133 Å². The fourth-order valence-electron chi connectivity index (χ4n) is 2.64. The van der Waals surface area contributed by atoms with Crippen LogP contribution in [0.3, 0.4) is 0 Å². The number of anilines is 1. The highest BCUT2D eigenvalue weighted by Crippen LogP contribution is 2.26. The molecule has 0 saturated carbocycles. The van der Waals surface area contributed by atoms with Crippen molar-refractivity contribution in [2.24, 2.45) is 0 Å². The van der Waals surface area contributed by atoms with Crippen LogP contribution in [-0.2, 0) is 19.6 Å². The first-order valence-electron chi connectivity index (χ1n) is 9.37. The number of ether oxygens (including phenoxy) is 2. The number of nitro benzene ring substituents is 1. The van der Waals surface area contributed by atoms with Crippen molar-refractivity contribution < 1.29 is 32.4 Å². The van der Waals surface area contributed by atoms with E-state index in [2.05, 4.69) is 0 Å². The second-order valence-electron chi connectivity index (χ2n) is 6.58. The fourth-order valence-corrected chi connectivity index (χ4v) is 5.00. The number of thiophene rings is 1. The van der Waals surface area contributed by atoms with Crippen molar-refractivity contribution in [1.29, 1.82) is 0 Å². The van der Waals surface area contributed by atoms with Crippen molar-refractivity contribution >= 4 is 44.5 Å². The van der Waals surface area contributed by atoms with Crippen LogP contribution in [0.25, 0.3) is 0 Å². The lowest BCUT2D eigenvalue weighted by Gasteiger charge is -2.18. The van der Waals surface area contributed by atoms with Crippen LogP contribution in [0.1, 0.15) is 10.4 Å². The number of esters is 1. The molecule has 0 aliphatic heterocycles. The summed E-state index contributed by atoms with van der Waals surface area (Å²) >= 11 is 1.11. The Kier molecular flexibility index (Phi) is 7.41. The molecule has 0 saturated heterocycles. The number of non-ortho nitro benzene ring substituents is 1. The van der Waals surface area contributed by atoms with E-state index in [1.807, 2.05) is 0 Å². The molecule has 12 heteroatoms. The average molecular weight is 491 g/mol. The molecule has 10 nitrogen and oxygen atoms in total. The Bertz CT molecular complexity index is 1260. The summed E-state index contributed by atoms with van der Waals surface area (Å²) in [7, 11) is -2.23. The number of nitrogens with zero attached hydrogens (tertiary/aromatic N) is 2. The van der Waals surface area contributed by atoms with Crippen LogP contribution in [0.5, 0.6) is 5.75 Å². The lowest BCUT2D eigenvalue weighted by atomic mass is 10.1. The van der Waals surface area contributed by atoms with Crippen molar-refractivity contribution in [3.05, 3.63) is 81.7 Å². The van der Waals surface area contributed by atoms with Crippen LogP contribution in [-0.4, -0.2) is 45.4 Å². The van der Waals surface area contributed by atoms with E-state index >= 15 is 0 Å². The summed E-state index contributed by atoms with van der Waals surface area (Å²) in [6.07, 6.45) is 0. The second kappa shape index (κ2) is 10.2. The van der Waals surface area contributed by atoms with Crippen LogP contribution < -0.4 is 9.04 Å². The van der Waals surface area contributed by atoms with E-state index in [1.54, 1.807) is 11.4 Å². The first-order valence-corrected chi connectivity index (χ1v) is 11.7. The van der Waals surface area contributed by atoms with Gasteiger partial charge in [0.05, 0.1) is 10.6 Å². The number of nitro groups is 1. The molecule has 0 fully saturated rings. The third-order valence-corrected chi connectivity index (χ3v) is 7.57. The summed E-state index contributed by atoms with van der Waals surface area (Å²) in [6, 6.07) is 14.3. The molecule has 0 amide bonds. The predicted molar refractivity (Wildman–Crippen MR) is 120 cm³/mol. The summed E-state index contributed by atoms with van der Waals surface area (Å²) in [6.45, 7) is -1.07. The zero-order chi connectivity index (χ0) is 24.0. The molecule has 0 aliphatic rings. The Morgan fingerprint density at radius 1 is 1.06 bits per heavy atom. The minimum atomic E-state index is -3.67. The molecule has 0 spiro atoms. The number of carbonyl (C=O) groups excluding carboxylic acids is 2. The van der Waals surface area contributed by atoms with Gasteiger partial charge in [0.1, 0.15) is 9.96 Å². The standard InChI is InChI=1S/C21H18N2O8S2/c1-22(33(28,29)21-6-3-11-32-21)16-7-9-18(10-8-16)30-14-20(25)31-13-19(24)15-4-2-5-17(12-15)23(26)27/h2-12H,13-14H2,1H3. The molecular formula is C21H18N2O8S2. The monoisotopic (exact) mass is 490 g/mol. The summed E-state index contributed by atoms with van der Waals surface area (Å²) in [5, 5.41) is 12.5. The molecule has 2 aromatic carbocycles. The van der Waals surface area contributed by atoms with Gasteiger partial charge in [-0.25, -0.2) is 13.2 Å². The molecule has 33 heavy (non-hydrogen) atoms. The third kappa shape index (κ3) is 5.93. The number of carbonyl (C=O) groups is 2. The normalized spacial score (nSPS) is 10.9. The fraction of sp³-hybridized carbons (Fsp3) is 0.143. The highest BCUT2D eigenvalue weighted by atomic mass is 32.2. The SMILES string of the molecule is CN(c1ccc(OCC(=O)OCC(=O)c2cccc([N+](=O)[O-])c2)cc1)S(=O)(=O)c1cccs1. The molecule has 1 aromatic heterocycles. The van der Waals surface area contributed by atoms with Gasteiger partial charge < -0.3 is 9.47 Å². The van der Waals surface area contributed by atoms with Gasteiger partial charge in [0.15, 0.2) is 13.2 Å². The van der Waals surface area contributed by atoms with Gasteiger partial charge in [0, 0.05) is 24.7 Å². The molecule has 0 atom stereocenters. The summed E-state index contributed by atoms with van der Waals surface area (Å²) in [4.78, 5) is 34.1. The maximum atomic E-state index is 12.6. The highest BCUT2D eigenvalue weighted by molar-refractivity contribution is 7.94. The quantitative estimate of drug-likeness (QED) is 0.183. The largest absolute Gasteiger partial charge is 0.482 e. The van der Waals surface area contributed by atoms with Gasteiger partial charge in [0.2, 0.25) is 5.78 Å². The maximum absolute atomic E-state index is 12.6. The number of hydrogen-bond acceptors (Lipinski definition) is 9. The molecule has 0 radical (unpaired) electrons. The van der Waals surface area contributed by atoms with E-state index < -0.39 is 39.9 Å². The van der Waals surface area contributed by atoms with E-state index in [-0.39, 0.29) is 15.5 Å². The maximum Gasteiger partial charge on any atom is 0.344 e. The third-order valence-electron chi connectivity index (χ3n) is 4.41. The first-order chi connectivity index (χ1) is 15.7. The number of hydrogen-bond donors (Lipinski definition) is 0. The van der Waals surface area contributed by atoms with Gasteiger partial charge in [0.25, 0.3) is 15.7 Å². The zero-order valence-corrected chi connectivity index (χ0v) is 18.9. The van der Waals surface area contributed by atoms with Crippen molar-refractivity contribution in [3.63, 3.8) is 0 Å². The summed E-state index contributed by atoms with van der Waals surface area (Å²) in [5.41, 5.74) is 0.212. The predicted octanol–water partition coefficient (Wildman–Crippen LogP) is 3.29. The molecule has 0 unspecified atom stereocenters. The molecule has 0 bridgehead atoms. The first kappa shape index (κ1) is 23.9. The molecule has 1 heterocycles. The second-order valence-corrected chi connectivity index (χ2v) is 9.72. The minimum absolute atomic E-state index is 0.0510. The van der Waals surface area contributed by atoms with Crippen molar-refractivity contribution in [2.45, 2.75) is 4.21 Å². The van der Waals surface area contributed by atoms with Crippen LogP contribution >= 0.6 is 11.3 Å². The lowest BCUT2D eigenvalue weighted by molar-refractivity contribution is -0.384. The molecule has 0 aliphatic carbocycles. The number of ketones is 1. The Balaban J connectivity index is 1.51. The van der Waals surface area contributed by atoms with Crippen LogP contribution in [0.4, 0.5) is 11.4 Å². The van der Waals surface area contributed by atoms with Crippen molar-refractivity contribution in [2.75, 3.05) is 24.6 Å². The molecule has 172 valence electrons. The van der Waals surface area contributed by atoms with E-state index in [9.17, 15) is 28.1 Å². The zero-order valence-electron chi connectivity index (χ0n) is 17.2. The number of benzene rings is 2. The van der Waals surface area contributed by atoms with Crippen molar-refractivity contribution in [1.82, 2.24) is 0 Å².